The fourth-order valence-corrected chi connectivity index (χ4v) is 3.06. The maximum Gasteiger partial charge on any atom is 0.239 e. The van der Waals surface area contributed by atoms with E-state index in [-0.39, 0.29) is 18.1 Å². The molecule has 2 N–H and O–H groups in total. The van der Waals surface area contributed by atoms with Gasteiger partial charge in [0, 0.05) is 19.3 Å². The van der Waals surface area contributed by atoms with Crippen LogP contribution in [0, 0.1) is 5.92 Å². The Bertz CT molecular complexity index is 381. The van der Waals surface area contributed by atoms with Crippen LogP contribution >= 0.6 is 0 Å². The Morgan fingerprint density at radius 1 is 1.50 bits per heavy atom. The molecule has 0 radical (unpaired) electrons. The molecule has 0 spiro atoms. The molecule has 5 nitrogen and oxygen atoms in total. The summed E-state index contributed by atoms with van der Waals surface area (Å²) in [5, 5.41) is 0. The van der Waals surface area contributed by atoms with Crippen LogP contribution in [-0.2, 0) is 14.6 Å². The number of carbonyl (C=O) groups is 1. The van der Waals surface area contributed by atoms with Crippen LogP contribution < -0.4 is 5.73 Å². The Morgan fingerprint density at radius 3 is 2.72 bits per heavy atom. The molecule has 0 aliphatic carbocycles. The molecule has 6 heteroatoms. The van der Waals surface area contributed by atoms with Gasteiger partial charge in [0.25, 0.3) is 0 Å². The standard InChI is InChI=1S/C12H24N2O3S/c1-3-4-10-5-7-14(9-10)12(15)11(13)6-8-18(2,16)17/h10-11H,3-9,13H2,1-2H3. The predicted molar refractivity (Wildman–Crippen MR) is 71.9 cm³/mol. The summed E-state index contributed by atoms with van der Waals surface area (Å²) in [7, 11) is -3.05. The second-order valence-corrected chi connectivity index (χ2v) is 7.51. The third-order valence-corrected chi connectivity index (χ3v) is 4.39. The first-order valence-corrected chi connectivity index (χ1v) is 8.61. The Morgan fingerprint density at radius 2 is 2.17 bits per heavy atom. The first kappa shape index (κ1) is 15.4. The highest BCUT2D eigenvalue weighted by Crippen LogP contribution is 2.21. The number of likely N-dealkylation sites (tertiary alicyclic amines) is 1. The van der Waals surface area contributed by atoms with E-state index in [0.717, 1.165) is 38.6 Å². The number of amides is 1. The lowest BCUT2D eigenvalue weighted by atomic mass is 10.0. The van der Waals surface area contributed by atoms with Gasteiger partial charge in [0.2, 0.25) is 5.91 Å². The van der Waals surface area contributed by atoms with E-state index in [1.54, 1.807) is 4.90 Å². The fraction of sp³-hybridized carbons (Fsp3) is 0.917. The van der Waals surface area contributed by atoms with Crippen molar-refractivity contribution in [3.05, 3.63) is 0 Å². The van der Waals surface area contributed by atoms with Crippen LogP contribution in [0.3, 0.4) is 0 Å². The highest BCUT2D eigenvalue weighted by Gasteiger charge is 2.28. The van der Waals surface area contributed by atoms with E-state index in [1.807, 2.05) is 0 Å². The molecule has 1 aliphatic rings. The summed E-state index contributed by atoms with van der Waals surface area (Å²) in [4.78, 5) is 13.8. The number of hydrogen-bond acceptors (Lipinski definition) is 4. The number of nitrogens with zero attached hydrogens (tertiary/aromatic N) is 1. The van der Waals surface area contributed by atoms with Gasteiger partial charge in [-0.05, 0) is 25.2 Å². The molecule has 0 bridgehead atoms. The fourth-order valence-electron chi connectivity index (χ4n) is 2.38. The minimum atomic E-state index is -3.05. The lowest BCUT2D eigenvalue weighted by Crippen LogP contribution is -2.43. The second-order valence-electron chi connectivity index (χ2n) is 5.25. The van der Waals surface area contributed by atoms with Crippen molar-refractivity contribution in [1.82, 2.24) is 4.90 Å². The quantitative estimate of drug-likeness (QED) is 0.761. The maximum atomic E-state index is 12.0. The van der Waals surface area contributed by atoms with Gasteiger partial charge >= 0.3 is 0 Å². The molecule has 1 aliphatic heterocycles. The van der Waals surface area contributed by atoms with Crippen molar-refractivity contribution in [2.45, 2.75) is 38.6 Å². The Balaban J connectivity index is 2.40. The van der Waals surface area contributed by atoms with Crippen LogP contribution in [0.5, 0.6) is 0 Å². The monoisotopic (exact) mass is 276 g/mol. The molecule has 106 valence electrons. The molecule has 1 heterocycles. The van der Waals surface area contributed by atoms with Gasteiger partial charge in [-0.25, -0.2) is 8.42 Å². The van der Waals surface area contributed by atoms with E-state index in [9.17, 15) is 13.2 Å². The minimum Gasteiger partial charge on any atom is -0.341 e. The average molecular weight is 276 g/mol. The third-order valence-electron chi connectivity index (χ3n) is 3.41. The Labute approximate surface area is 110 Å². The first-order chi connectivity index (χ1) is 8.33. The van der Waals surface area contributed by atoms with Crippen molar-refractivity contribution in [3.8, 4) is 0 Å². The zero-order chi connectivity index (χ0) is 13.8. The van der Waals surface area contributed by atoms with Crippen molar-refractivity contribution < 1.29 is 13.2 Å². The van der Waals surface area contributed by atoms with E-state index >= 15 is 0 Å². The van der Waals surface area contributed by atoms with E-state index in [0.29, 0.717) is 5.92 Å². The Hall–Kier alpha value is -0.620. The molecule has 0 aromatic rings. The van der Waals surface area contributed by atoms with Gasteiger partial charge in [0.1, 0.15) is 9.84 Å². The van der Waals surface area contributed by atoms with Gasteiger partial charge in [-0.15, -0.1) is 0 Å². The van der Waals surface area contributed by atoms with Crippen LogP contribution in [0.4, 0.5) is 0 Å². The smallest absolute Gasteiger partial charge is 0.239 e. The molecular formula is C12H24N2O3S. The summed E-state index contributed by atoms with van der Waals surface area (Å²) in [5.74, 6) is 0.463. The predicted octanol–water partition coefficient (Wildman–Crippen LogP) is 0.397. The van der Waals surface area contributed by atoms with Crippen molar-refractivity contribution in [2.75, 3.05) is 25.1 Å². The van der Waals surface area contributed by atoms with Crippen molar-refractivity contribution in [3.63, 3.8) is 0 Å². The van der Waals surface area contributed by atoms with Crippen LogP contribution in [0.2, 0.25) is 0 Å². The molecule has 2 unspecified atom stereocenters. The van der Waals surface area contributed by atoms with E-state index in [4.69, 9.17) is 5.73 Å². The molecule has 1 amide bonds. The SMILES string of the molecule is CCCC1CCN(C(=O)C(N)CCS(C)(=O)=O)C1. The molecule has 0 aromatic carbocycles. The summed E-state index contributed by atoms with van der Waals surface area (Å²) >= 11 is 0. The number of hydrogen-bond donors (Lipinski definition) is 1. The molecule has 18 heavy (non-hydrogen) atoms. The summed E-state index contributed by atoms with van der Waals surface area (Å²) in [6, 6.07) is -0.680. The zero-order valence-corrected chi connectivity index (χ0v) is 12.1. The van der Waals surface area contributed by atoms with Crippen molar-refractivity contribution >= 4 is 15.7 Å². The Kier molecular flexibility index (Phi) is 5.59. The molecule has 1 fully saturated rings. The lowest BCUT2D eigenvalue weighted by molar-refractivity contribution is -0.131. The van der Waals surface area contributed by atoms with Gasteiger partial charge in [0.05, 0.1) is 11.8 Å². The van der Waals surface area contributed by atoms with Gasteiger partial charge in [-0.2, -0.15) is 0 Å². The van der Waals surface area contributed by atoms with E-state index in [2.05, 4.69) is 6.92 Å². The van der Waals surface area contributed by atoms with E-state index in [1.165, 1.54) is 0 Å². The first-order valence-electron chi connectivity index (χ1n) is 6.55. The number of nitrogens with two attached hydrogens (primary N) is 1. The third kappa shape index (κ3) is 4.94. The maximum absolute atomic E-state index is 12.0. The molecule has 1 rings (SSSR count). The van der Waals surface area contributed by atoms with Crippen molar-refractivity contribution in [2.24, 2.45) is 11.7 Å². The molecule has 0 aromatic heterocycles. The van der Waals surface area contributed by atoms with E-state index < -0.39 is 15.9 Å². The number of sulfone groups is 1. The summed E-state index contributed by atoms with van der Waals surface area (Å²) in [6.07, 6.45) is 4.69. The molecule has 2 atom stereocenters. The highest BCUT2D eigenvalue weighted by molar-refractivity contribution is 7.90. The second kappa shape index (κ2) is 6.52. The zero-order valence-electron chi connectivity index (χ0n) is 11.3. The highest BCUT2D eigenvalue weighted by atomic mass is 32.2. The van der Waals surface area contributed by atoms with Crippen LogP contribution in [0.1, 0.15) is 32.6 Å². The topological polar surface area (TPSA) is 80.5 Å². The van der Waals surface area contributed by atoms with Gasteiger partial charge in [0.15, 0.2) is 0 Å². The lowest BCUT2D eigenvalue weighted by Gasteiger charge is -2.20. The van der Waals surface area contributed by atoms with Gasteiger partial charge in [-0.1, -0.05) is 13.3 Å². The largest absolute Gasteiger partial charge is 0.341 e. The summed E-state index contributed by atoms with van der Waals surface area (Å²) in [5.41, 5.74) is 5.77. The molecule has 1 saturated heterocycles. The van der Waals surface area contributed by atoms with Crippen molar-refractivity contribution in [1.29, 1.82) is 0 Å². The molecular weight excluding hydrogens is 252 g/mol. The average Bonchev–Trinajstić information content (AvgIpc) is 2.73. The summed E-state index contributed by atoms with van der Waals surface area (Å²) < 4.78 is 22.1. The molecule has 0 saturated carbocycles. The number of carbonyl (C=O) groups excluding carboxylic acids is 1. The van der Waals surface area contributed by atoms with Gasteiger partial charge in [-0.3, -0.25) is 4.79 Å². The minimum absolute atomic E-state index is 0.0217. The van der Waals surface area contributed by atoms with Gasteiger partial charge < -0.3 is 10.6 Å². The van der Waals surface area contributed by atoms with Crippen LogP contribution in [0.25, 0.3) is 0 Å². The summed E-state index contributed by atoms with van der Waals surface area (Å²) in [6.45, 7) is 3.68. The number of rotatable bonds is 6. The van der Waals surface area contributed by atoms with Crippen LogP contribution in [0.15, 0.2) is 0 Å². The normalized spacial score (nSPS) is 22.2. The van der Waals surface area contributed by atoms with Crippen LogP contribution in [-0.4, -0.2) is 50.4 Å².